The van der Waals surface area contributed by atoms with Crippen molar-refractivity contribution < 1.29 is 34.1 Å². The highest BCUT2D eigenvalue weighted by atomic mass is 35.5. The number of allylic oxidation sites excluding steroid dienone is 1. The smallest absolute Gasteiger partial charge is 0.342 e. The van der Waals surface area contributed by atoms with Crippen LogP contribution in [0.15, 0.2) is 40.6 Å². The molecule has 1 saturated heterocycles. The van der Waals surface area contributed by atoms with Crippen molar-refractivity contribution >= 4 is 29.2 Å². The van der Waals surface area contributed by atoms with E-state index in [0.717, 1.165) is 25.3 Å². The van der Waals surface area contributed by atoms with Gasteiger partial charge in [-0.25, -0.2) is 4.79 Å². The average Bonchev–Trinajstić information content (AvgIpc) is 2.95. The minimum Gasteiger partial charge on any atom is -0.507 e. The summed E-state index contributed by atoms with van der Waals surface area (Å²) in [6, 6.07) is 0.987. The van der Waals surface area contributed by atoms with Crippen LogP contribution >= 0.6 is 11.6 Å². The Morgan fingerprint density at radius 1 is 1.22 bits per heavy atom. The van der Waals surface area contributed by atoms with E-state index in [1.807, 2.05) is 12.2 Å². The Morgan fingerprint density at radius 2 is 2.00 bits per heavy atom. The maximum atomic E-state index is 13.1. The molecule has 41 heavy (non-hydrogen) atoms. The van der Waals surface area contributed by atoms with Crippen LogP contribution in [0.2, 0.25) is 5.02 Å². The molecule has 2 atom stereocenters. The lowest BCUT2D eigenvalue weighted by Crippen LogP contribution is -2.37. The summed E-state index contributed by atoms with van der Waals surface area (Å²) in [6.07, 6.45) is 10.6. The van der Waals surface area contributed by atoms with Gasteiger partial charge in [-0.05, 0) is 56.2 Å². The second kappa shape index (κ2) is 16.5. The molecule has 12 nitrogen and oxygen atoms in total. The van der Waals surface area contributed by atoms with Gasteiger partial charge in [0.1, 0.15) is 23.2 Å². The molecule has 2 heterocycles. The molecular weight excluding hydrogens is 554 g/mol. The summed E-state index contributed by atoms with van der Waals surface area (Å²) in [5.74, 6) is -1.88. The van der Waals surface area contributed by atoms with Gasteiger partial charge in [0.05, 0.1) is 16.8 Å². The minimum absolute atomic E-state index is 0.106. The Hall–Kier alpha value is -3.73. The summed E-state index contributed by atoms with van der Waals surface area (Å²) < 4.78 is 11.5. The molecule has 0 aromatic heterocycles. The van der Waals surface area contributed by atoms with Crippen molar-refractivity contribution in [3.63, 3.8) is 0 Å². The van der Waals surface area contributed by atoms with Gasteiger partial charge in [0.25, 0.3) is 5.91 Å². The summed E-state index contributed by atoms with van der Waals surface area (Å²) in [6.45, 7) is 3.50. The molecule has 1 unspecified atom stereocenters. The van der Waals surface area contributed by atoms with Crippen molar-refractivity contribution in [1.29, 1.82) is 0 Å². The molecule has 222 valence electrons. The van der Waals surface area contributed by atoms with E-state index in [1.54, 1.807) is 24.0 Å². The van der Waals surface area contributed by atoms with Crippen LogP contribution in [0, 0.1) is 0 Å². The number of oxime groups is 1. The van der Waals surface area contributed by atoms with Crippen molar-refractivity contribution in [2.75, 3.05) is 32.8 Å². The number of ether oxygens (including phenoxy) is 2. The van der Waals surface area contributed by atoms with Crippen LogP contribution in [-0.4, -0.2) is 77.8 Å². The highest BCUT2D eigenvalue weighted by Crippen LogP contribution is 2.37. The average molecular weight is 590 g/mol. The molecule has 2 aliphatic rings. The molecule has 0 bridgehead atoms. The van der Waals surface area contributed by atoms with E-state index < -0.39 is 23.6 Å². The quantitative estimate of drug-likeness (QED) is 0.0797. The van der Waals surface area contributed by atoms with Gasteiger partial charge in [0, 0.05) is 50.1 Å². The number of fused-ring (bicyclic) bond motifs is 1. The molecule has 0 radical (unpaired) electrons. The van der Waals surface area contributed by atoms with Gasteiger partial charge in [-0.3, -0.25) is 4.79 Å². The number of carbonyl (C=O) groups excluding carboxylic acids is 2. The number of halogens is 1. The number of likely N-dealkylation sites (tertiary alicyclic amines) is 1. The Balaban J connectivity index is 1.88. The number of piperidine rings is 1. The highest BCUT2D eigenvalue weighted by Gasteiger charge is 2.26. The second-order valence-corrected chi connectivity index (χ2v) is 10.2. The Kier molecular flexibility index (Phi) is 12.8. The normalized spacial score (nSPS) is 22.5. The topological polar surface area (TPSA) is 167 Å². The lowest BCUT2D eigenvalue weighted by Gasteiger charge is -2.26. The zero-order valence-corrected chi connectivity index (χ0v) is 23.8. The lowest BCUT2D eigenvalue weighted by molar-refractivity contribution is -0.137. The second-order valence-electron chi connectivity index (χ2n) is 9.79. The summed E-state index contributed by atoms with van der Waals surface area (Å²) in [5, 5.41) is 28.4. The van der Waals surface area contributed by atoms with Gasteiger partial charge in [0.2, 0.25) is 0 Å². The summed E-state index contributed by atoms with van der Waals surface area (Å²) in [5.41, 5.74) is 8.66. The van der Waals surface area contributed by atoms with Crippen LogP contribution in [0.4, 0.5) is 0 Å². The van der Waals surface area contributed by atoms with Crippen LogP contribution in [0.25, 0.3) is 10.4 Å². The molecular formula is C28H36ClN5O7. The predicted octanol–water partition coefficient (Wildman–Crippen LogP) is 5.22. The van der Waals surface area contributed by atoms with Crippen molar-refractivity contribution in [2.45, 2.75) is 64.1 Å². The summed E-state index contributed by atoms with van der Waals surface area (Å²) in [4.78, 5) is 35.6. The molecule has 2 N–H and O–H groups in total. The first-order chi connectivity index (χ1) is 19.8. The van der Waals surface area contributed by atoms with Gasteiger partial charge in [-0.15, -0.1) is 0 Å². The van der Waals surface area contributed by atoms with E-state index in [1.165, 1.54) is 0 Å². The number of amides is 1. The fraction of sp³-hybridized carbons (Fsp3) is 0.536. The van der Waals surface area contributed by atoms with E-state index in [9.17, 15) is 19.8 Å². The van der Waals surface area contributed by atoms with Gasteiger partial charge in [0.15, 0.2) is 6.61 Å². The van der Waals surface area contributed by atoms with Gasteiger partial charge < -0.3 is 29.4 Å². The predicted molar refractivity (Wildman–Crippen MR) is 153 cm³/mol. The number of phenolic OH excluding ortho intramolecular Hbond substituents is 2. The molecule has 1 aromatic rings. The number of cyclic esters (lactones) is 1. The summed E-state index contributed by atoms with van der Waals surface area (Å²) >= 11 is 6.39. The van der Waals surface area contributed by atoms with Crippen LogP contribution in [-0.2, 0) is 25.5 Å². The molecule has 1 fully saturated rings. The molecule has 0 saturated carbocycles. The molecule has 13 heteroatoms. The first kappa shape index (κ1) is 31.8. The van der Waals surface area contributed by atoms with E-state index in [-0.39, 0.29) is 46.9 Å². The molecule has 1 amide bonds. The van der Waals surface area contributed by atoms with Gasteiger partial charge in [-0.1, -0.05) is 40.1 Å². The van der Waals surface area contributed by atoms with E-state index in [4.69, 9.17) is 31.4 Å². The molecule has 0 spiro atoms. The number of azide groups is 1. The number of hydrogen-bond acceptors (Lipinski definition) is 9. The monoisotopic (exact) mass is 589 g/mol. The fourth-order valence-electron chi connectivity index (χ4n) is 4.45. The number of phenols is 2. The number of hydrogen-bond donors (Lipinski definition) is 2. The van der Waals surface area contributed by atoms with Crippen LogP contribution in [0.1, 0.15) is 61.4 Å². The van der Waals surface area contributed by atoms with Crippen molar-refractivity contribution in [3.05, 3.63) is 57.0 Å². The van der Waals surface area contributed by atoms with Crippen LogP contribution in [0.5, 0.6) is 11.5 Å². The minimum atomic E-state index is -0.812. The number of aromatic hydroxyl groups is 2. The van der Waals surface area contributed by atoms with Crippen molar-refractivity contribution in [2.24, 2.45) is 10.3 Å². The lowest BCUT2D eigenvalue weighted by atomic mass is 9.99. The maximum absolute atomic E-state index is 13.1. The van der Waals surface area contributed by atoms with E-state index >= 15 is 0 Å². The highest BCUT2D eigenvalue weighted by molar-refractivity contribution is 6.33. The first-order valence-corrected chi connectivity index (χ1v) is 14.0. The third-order valence-corrected chi connectivity index (χ3v) is 6.99. The van der Waals surface area contributed by atoms with E-state index in [2.05, 4.69) is 15.2 Å². The Labute approximate surface area is 243 Å². The SMILES string of the molecule is C[C@@H]1C/C=C/C(OCCCN=[N+]=[N-])C/C=C/C(=N/OCC(=O)N2CCCCC2)Cc2c(Cl)c(O)cc(O)c2C(=O)O1. The van der Waals surface area contributed by atoms with Crippen LogP contribution in [0.3, 0.4) is 0 Å². The molecule has 3 rings (SSSR count). The first-order valence-electron chi connectivity index (χ1n) is 13.7. The largest absolute Gasteiger partial charge is 0.507 e. The van der Waals surface area contributed by atoms with Gasteiger partial charge in [-0.2, -0.15) is 0 Å². The number of nitrogens with zero attached hydrogens (tertiary/aromatic N) is 5. The maximum Gasteiger partial charge on any atom is 0.342 e. The number of carbonyl (C=O) groups is 2. The summed E-state index contributed by atoms with van der Waals surface area (Å²) in [7, 11) is 0. The fourth-order valence-corrected chi connectivity index (χ4v) is 4.67. The standard InChI is InChI=1S/C28H36ClN5O7/c1-19-8-5-10-21(39-15-7-12-31-33-30)11-6-9-20(32-40-18-25(37)34-13-3-2-4-14-34)16-22-26(28(38)41-19)23(35)17-24(36)27(22)29/h5-6,9-10,17,19,21,35-36H,2-4,7-8,11-16,18H2,1H3/b9-6+,10-5+,32-20-/t19-,21?/m1/s1. The number of benzene rings is 1. The zero-order chi connectivity index (χ0) is 29.6. The molecule has 0 aliphatic carbocycles. The Morgan fingerprint density at radius 3 is 2.76 bits per heavy atom. The third-order valence-electron chi connectivity index (χ3n) is 6.57. The Bertz CT molecular complexity index is 1210. The van der Waals surface area contributed by atoms with Crippen molar-refractivity contribution in [1.82, 2.24) is 4.90 Å². The van der Waals surface area contributed by atoms with Crippen LogP contribution < -0.4 is 0 Å². The number of rotatable bonds is 8. The molecule has 1 aromatic carbocycles. The van der Waals surface area contributed by atoms with Crippen molar-refractivity contribution in [3.8, 4) is 11.5 Å². The molecule has 2 aliphatic heterocycles. The van der Waals surface area contributed by atoms with Gasteiger partial charge >= 0.3 is 5.97 Å². The third kappa shape index (κ3) is 10.00. The number of esters is 1. The van der Waals surface area contributed by atoms with E-state index in [0.29, 0.717) is 45.5 Å². The zero-order valence-electron chi connectivity index (χ0n) is 23.1.